The van der Waals surface area contributed by atoms with Gasteiger partial charge in [0.15, 0.2) is 12.4 Å². The Hall–Kier alpha value is -1.53. The lowest BCUT2D eigenvalue weighted by Crippen LogP contribution is -2.42. The number of aliphatic hydroxyl groups excluding tert-OH is 1. The van der Waals surface area contributed by atoms with E-state index in [4.69, 9.17) is 16.6 Å². The molecule has 1 aromatic rings. The maximum atomic E-state index is 15.9. The van der Waals surface area contributed by atoms with Crippen LogP contribution in [-0.4, -0.2) is 94.9 Å². The van der Waals surface area contributed by atoms with Crippen LogP contribution in [0.3, 0.4) is 0 Å². The van der Waals surface area contributed by atoms with Gasteiger partial charge in [0.1, 0.15) is 11.9 Å². The quantitative estimate of drug-likeness (QED) is 0.413. The Morgan fingerprint density at radius 2 is 2.13 bits per heavy atom. The standard InChI is InChI=1S/C24H41FN5O5P.CH4O/c1-8-28-12-9-10-19(14-28)34-36(30(15(2)3)16(4)5)35-22-17(6)33-23(21(22)25)29-13-11-20(26-18(7)31)27-24(29)32;1-2/h11,13,15-17,19,21-23H,8-10,12,14H2,1-7H3,(H,26,27,31,32);2H,1H3/i6D;2T. The first-order valence-corrected chi connectivity index (χ1v) is 14.2. The number of nitrogens with zero attached hydrogens (tertiary/aromatic N) is 4. The molecular weight excluding hydrogens is 516 g/mol. The molecule has 2 saturated heterocycles. The number of likely N-dealkylation sites (tertiary alicyclic amines) is 1. The number of alkyl halides is 1. The largest absolute Gasteiger partial charge is 0.400 e. The Bertz CT molecular complexity index is 972. The number of ether oxygens (including phenoxy) is 1. The van der Waals surface area contributed by atoms with Gasteiger partial charge in [0, 0.05) is 40.2 Å². The lowest BCUT2D eigenvalue weighted by atomic mass is 10.1. The van der Waals surface area contributed by atoms with Crippen molar-refractivity contribution in [1.82, 2.24) is 19.1 Å². The SMILES string of the molecule is [2H]CC1OC(n2ccc(NC(C)=O)nc2=O)C(F)C1OP(OC1CCCN(CC)C1)N(C(C)C)C(C)C.[3H]OC. The van der Waals surface area contributed by atoms with Crippen molar-refractivity contribution in [3.8, 4) is 0 Å². The van der Waals surface area contributed by atoms with Crippen LogP contribution in [0.4, 0.5) is 10.2 Å². The fourth-order valence-electron chi connectivity index (χ4n) is 4.63. The number of rotatable bonds is 10. The fraction of sp³-hybridized carbons (Fsp3) is 0.800. The lowest BCUT2D eigenvalue weighted by Gasteiger charge is -2.41. The third kappa shape index (κ3) is 8.48. The van der Waals surface area contributed by atoms with Gasteiger partial charge in [0.05, 0.1) is 12.2 Å². The van der Waals surface area contributed by atoms with Crippen LogP contribution >= 0.6 is 8.53 Å². The van der Waals surface area contributed by atoms with Crippen molar-refractivity contribution < 1.29 is 29.4 Å². The van der Waals surface area contributed by atoms with Gasteiger partial charge in [-0.15, -0.1) is 0 Å². The van der Waals surface area contributed by atoms with Gasteiger partial charge in [-0.1, -0.05) is 6.92 Å². The summed E-state index contributed by atoms with van der Waals surface area (Å²) in [6.07, 6.45) is -1.82. The molecule has 218 valence electrons. The highest BCUT2D eigenvalue weighted by atomic mass is 31.2. The van der Waals surface area contributed by atoms with Crippen LogP contribution in [0.2, 0.25) is 0 Å². The number of amides is 1. The summed E-state index contributed by atoms with van der Waals surface area (Å²) in [5, 5.41) is 5.93. The van der Waals surface area contributed by atoms with Gasteiger partial charge in [-0.25, -0.2) is 13.9 Å². The van der Waals surface area contributed by atoms with Crippen molar-refractivity contribution >= 4 is 20.3 Å². The summed E-state index contributed by atoms with van der Waals surface area (Å²) in [5.74, 6) is -0.303. The van der Waals surface area contributed by atoms with E-state index in [2.05, 4.69) is 31.9 Å². The Morgan fingerprint density at radius 1 is 1.45 bits per heavy atom. The topological polar surface area (TPSA) is 118 Å². The minimum absolute atomic E-state index is 0.0430. The van der Waals surface area contributed by atoms with Gasteiger partial charge in [-0.2, -0.15) is 4.98 Å². The Morgan fingerprint density at radius 3 is 2.68 bits per heavy atom. The summed E-state index contributed by atoms with van der Waals surface area (Å²) in [6.45, 7) is 14.1. The molecule has 6 atom stereocenters. The van der Waals surface area contributed by atoms with Crippen molar-refractivity contribution in [2.24, 2.45) is 0 Å². The molecule has 2 N–H and O–H groups in total. The first-order chi connectivity index (χ1) is 19.0. The van der Waals surface area contributed by atoms with Gasteiger partial charge < -0.3 is 29.1 Å². The fourth-order valence-corrected chi connectivity index (χ4v) is 6.53. The molecule has 38 heavy (non-hydrogen) atoms. The van der Waals surface area contributed by atoms with Crippen molar-refractivity contribution in [1.29, 1.82) is 1.43 Å². The summed E-state index contributed by atoms with van der Waals surface area (Å²) in [5.41, 5.74) is -0.769. The zero-order valence-corrected chi connectivity index (χ0v) is 24.4. The lowest BCUT2D eigenvalue weighted by molar-refractivity contribution is -0.114. The zero-order valence-electron chi connectivity index (χ0n) is 25.5. The normalized spacial score (nSPS) is 27.6. The third-order valence-electron chi connectivity index (χ3n) is 6.28. The highest BCUT2D eigenvalue weighted by Gasteiger charge is 2.48. The highest BCUT2D eigenvalue weighted by Crippen LogP contribution is 2.51. The minimum Gasteiger partial charge on any atom is -0.400 e. The summed E-state index contributed by atoms with van der Waals surface area (Å²) >= 11 is 0. The molecule has 0 aliphatic carbocycles. The van der Waals surface area contributed by atoms with E-state index in [1.165, 1.54) is 26.3 Å². The predicted molar refractivity (Wildman–Crippen MR) is 146 cm³/mol. The number of carbonyl (C=O) groups is 1. The molecule has 11 nitrogen and oxygen atoms in total. The van der Waals surface area contributed by atoms with Crippen molar-refractivity contribution in [3.63, 3.8) is 0 Å². The number of carbonyl (C=O) groups excluding carboxylic acids is 1. The van der Waals surface area contributed by atoms with E-state index in [0.29, 0.717) is 0 Å². The van der Waals surface area contributed by atoms with Gasteiger partial charge in [0.2, 0.25) is 7.34 Å². The average Bonchev–Trinajstić information content (AvgIpc) is 3.18. The monoisotopic (exact) mass is 564 g/mol. The smallest absolute Gasteiger partial charge is 0.351 e. The van der Waals surface area contributed by atoms with Crippen LogP contribution in [0.1, 0.15) is 68.9 Å². The molecule has 0 radical (unpaired) electrons. The predicted octanol–water partition coefficient (Wildman–Crippen LogP) is 3.30. The maximum Gasteiger partial charge on any atom is 0.351 e. The highest BCUT2D eigenvalue weighted by molar-refractivity contribution is 7.44. The number of aromatic nitrogens is 2. The first-order valence-electron chi connectivity index (χ1n) is 14.2. The van der Waals surface area contributed by atoms with E-state index >= 15 is 4.39 Å². The number of halogens is 1. The molecule has 2 aliphatic rings. The molecule has 0 bridgehead atoms. The van der Waals surface area contributed by atoms with Gasteiger partial charge in [-0.3, -0.25) is 9.36 Å². The summed E-state index contributed by atoms with van der Waals surface area (Å²) in [7, 11) is -0.386. The maximum absolute atomic E-state index is 15.9. The van der Waals surface area contributed by atoms with E-state index < -0.39 is 38.8 Å². The summed E-state index contributed by atoms with van der Waals surface area (Å²) in [6, 6.07) is 1.56. The molecule has 6 unspecified atom stereocenters. The number of hydrogen-bond acceptors (Lipinski definition) is 9. The van der Waals surface area contributed by atoms with Crippen LogP contribution in [0.5, 0.6) is 0 Å². The number of nitrogens with one attached hydrogen (secondary N) is 1. The Labute approximate surface area is 229 Å². The number of aliphatic hydroxyl groups is 1. The van der Waals surface area contributed by atoms with E-state index in [1.54, 1.807) is 0 Å². The second-order valence-corrected chi connectivity index (χ2v) is 11.2. The Kier molecular flexibility index (Phi) is 11.9. The van der Waals surface area contributed by atoms with E-state index in [9.17, 15) is 9.59 Å². The third-order valence-corrected chi connectivity index (χ3v) is 8.49. The molecule has 0 spiro atoms. The molecule has 0 saturated carbocycles. The van der Waals surface area contributed by atoms with Gasteiger partial charge in [-0.05, 0) is 66.6 Å². The van der Waals surface area contributed by atoms with Crippen molar-refractivity contribution in [2.75, 3.05) is 32.1 Å². The van der Waals surface area contributed by atoms with Crippen molar-refractivity contribution in [3.05, 3.63) is 22.7 Å². The van der Waals surface area contributed by atoms with Crippen LogP contribution in [0.15, 0.2) is 17.1 Å². The molecule has 3 rings (SSSR count). The van der Waals surface area contributed by atoms with Crippen LogP contribution in [0, 0.1) is 0 Å². The molecule has 1 amide bonds. The molecule has 2 aliphatic heterocycles. The van der Waals surface area contributed by atoms with E-state index in [-0.39, 0.29) is 36.8 Å². The number of piperidine rings is 1. The number of likely N-dealkylation sites (N-methyl/N-ethyl adjacent to an activating group) is 1. The summed E-state index contributed by atoms with van der Waals surface area (Å²) < 4.78 is 51.5. The van der Waals surface area contributed by atoms with E-state index in [1.807, 2.05) is 27.7 Å². The number of anilines is 1. The number of hydrogen-bond donors (Lipinski definition) is 2. The zero-order chi connectivity index (χ0) is 30.0. The second kappa shape index (κ2) is 15.3. The molecule has 1 aromatic heterocycles. The van der Waals surface area contributed by atoms with Gasteiger partial charge >= 0.3 is 5.69 Å². The van der Waals surface area contributed by atoms with E-state index in [0.717, 1.165) is 37.0 Å². The molecule has 13 heteroatoms. The second-order valence-electron chi connectivity index (χ2n) is 9.83. The minimum atomic E-state index is -1.73. The molecular formula is C25H45FN5O6P. The summed E-state index contributed by atoms with van der Waals surface area (Å²) in [4.78, 5) is 30.0. The first kappa shape index (κ1) is 29.5. The van der Waals surface area contributed by atoms with Crippen molar-refractivity contribution in [2.45, 2.75) is 104 Å². The Balaban J connectivity index is 0.00000178. The average molecular weight is 565 g/mol. The van der Waals surface area contributed by atoms with Crippen LogP contribution < -0.4 is 11.0 Å². The molecule has 2 fully saturated rings. The van der Waals surface area contributed by atoms with Gasteiger partial charge in [0.25, 0.3) is 8.53 Å². The molecule has 0 aromatic carbocycles. The van der Waals surface area contributed by atoms with Crippen LogP contribution in [0.25, 0.3) is 0 Å². The van der Waals surface area contributed by atoms with Crippen LogP contribution in [-0.2, 0) is 18.6 Å². The molecule has 3 heterocycles.